The molecular formula is C16H21N5O. The van der Waals surface area contributed by atoms with Gasteiger partial charge in [-0.05, 0) is 30.4 Å². The quantitative estimate of drug-likeness (QED) is 0.915. The van der Waals surface area contributed by atoms with Crippen LogP contribution in [0, 0.1) is 0 Å². The summed E-state index contributed by atoms with van der Waals surface area (Å²) in [6.07, 6.45) is 3.42. The molecule has 2 N–H and O–H groups in total. The van der Waals surface area contributed by atoms with Crippen LogP contribution >= 0.6 is 0 Å². The van der Waals surface area contributed by atoms with Crippen LogP contribution < -0.4 is 10.6 Å². The Morgan fingerprint density at radius 2 is 2.18 bits per heavy atom. The van der Waals surface area contributed by atoms with Crippen molar-refractivity contribution in [1.82, 2.24) is 20.1 Å². The molecule has 116 valence electrons. The molecule has 1 atom stereocenters. The van der Waals surface area contributed by atoms with Gasteiger partial charge in [0.15, 0.2) is 0 Å². The highest BCUT2D eigenvalue weighted by molar-refractivity contribution is 5.90. The van der Waals surface area contributed by atoms with E-state index in [1.165, 1.54) is 0 Å². The molecule has 2 heterocycles. The molecular weight excluding hydrogens is 278 g/mol. The van der Waals surface area contributed by atoms with E-state index in [1.807, 2.05) is 28.9 Å². The van der Waals surface area contributed by atoms with E-state index in [-0.39, 0.29) is 12.1 Å². The maximum Gasteiger partial charge on any atom is 0.319 e. The number of para-hydroxylation sites is 1. The minimum atomic E-state index is -0.199. The lowest BCUT2D eigenvalue weighted by Crippen LogP contribution is -2.36. The number of anilines is 1. The van der Waals surface area contributed by atoms with Gasteiger partial charge in [0.25, 0.3) is 0 Å². The molecule has 3 rings (SSSR count). The van der Waals surface area contributed by atoms with Crippen LogP contribution in [-0.4, -0.2) is 20.8 Å². The molecule has 1 aliphatic rings. The number of carbonyl (C=O) groups excluding carboxylic acids is 1. The van der Waals surface area contributed by atoms with Crippen LogP contribution in [0.2, 0.25) is 0 Å². The fraction of sp³-hybridized carbons (Fsp3) is 0.438. The molecule has 0 bridgehead atoms. The molecule has 1 aromatic carbocycles. The van der Waals surface area contributed by atoms with Crippen LogP contribution in [0.3, 0.4) is 0 Å². The van der Waals surface area contributed by atoms with Gasteiger partial charge in [-0.1, -0.05) is 32.0 Å². The molecule has 0 saturated heterocycles. The zero-order chi connectivity index (χ0) is 15.5. The summed E-state index contributed by atoms with van der Waals surface area (Å²) in [7, 11) is 0. The summed E-state index contributed by atoms with van der Waals surface area (Å²) in [6, 6.07) is 7.60. The van der Waals surface area contributed by atoms with Crippen molar-refractivity contribution in [2.45, 2.75) is 45.2 Å². The third-order valence-corrected chi connectivity index (χ3v) is 3.96. The van der Waals surface area contributed by atoms with Gasteiger partial charge in [0.05, 0.1) is 6.04 Å². The third kappa shape index (κ3) is 2.95. The van der Waals surface area contributed by atoms with Gasteiger partial charge in [-0.2, -0.15) is 5.10 Å². The molecule has 0 saturated carbocycles. The van der Waals surface area contributed by atoms with Gasteiger partial charge in [-0.3, -0.25) is 0 Å². The number of fused-ring (bicyclic) bond motifs is 1. The van der Waals surface area contributed by atoms with Crippen LogP contribution in [0.15, 0.2) is 30.6 Å². The van der Waals surface area contributed by atoms with E-state index in [9.17, 15) is 4.79 Å². The zero-order valence-corrected chi connectivity index (χ0v) is 12.9. The van der Waals surface area contributed by atoms with Gasteiger partial charge in [-0.25, -0.2) is 14.5 Å². The van der Waals surface area contributed by atoms with Crippen LogP contribution in [0.5, 0.6) is 0 Å². The van der Waals surface area contributed by atoms with Gasteiger partial charge in [0.1, 0.15) is 12.2 Å². The maximum absolute atomic E-state index is 12.3. The first-order valence-electron chi connectivity index (χ1n) is 7.69. The number of benzene rings is 1. The van der Waals surface area contributed by atoms with E-state index in [0.717, 1.165) is 36.5 Å². The van der Waals surface area contributed by atoms with Crippen molar-refractivity contribution in [3.05, 3.63) is 42.0 Å². The molecule has 22 heavy (non-hydrogen) atoms. The summed E-state index contributed by atoms with van der Waals surface area (Å²) in [5.41, 5.74) is 1.98. The monoisotopic (exact) mass is 299 g/mol. The number of aryl methyl sites for hydroxylation is 1. The van der Waals surface area contributed by atoms with Gasteiger partial charge in [0.2, 0.25) is 0 Å². The second-order valence-corrected chi connectivity index (χ2v) is 5.88. The average molecular weight is 299 g/mol. The van der Waals surface area contributed by atoms with E-state index in [4.69, 9.17) is 0 Å². The molecule has 2 amide bonds. The number of rotatable bonds is 3. The van der Waals surface area contributed by atoms with Crippen molar-refractivity contribution in [3.63, 3.8) is 0 Å². The second-order valence-electron chi connectivity index (χ2n) is 5.88. The highest BCUT2D eigenvalue weighted by Crippen LogP contribution is 2.25. The first kappa shape index (κ1) is 14.6. The van der Waals surface area contributed by atoms with Crippen molar-refractivity contribution >= 4 is 11.7 Å². The lowest BCUT2D eigenvalue weighted by molar-refractivity contribution is 0.244. The number of hydrogen-bond donors (Lipinski definition) is 2. The SMILES string of the molecule is CC(C)c1ccccc1NC(=O)N[C@@H]1CCCn2ncnc21. The van der Waals surface area contributed by atoms with E-state index >= 15 is 0 Å². The summed E-state index contributed by atoms with van der Waals surface area (Å²) < 4.78 is 1.86. The third-order valence-electron chi connectivity index (χ3n) is 3.96. The summed E-state index contributed by atoms with van der Waals surface area (Å²) in [4.78, 5) is 16.6. The molecule has 2 aromatic rings. The van der Waals surface area contributed by atoms with Gasteiger partial charge >= 0.3 is 6.03 Å². The summed E-state index contributed by atoms with van der Waals surface area (Å²) in [5.74, 6) is 1.19. The first-order valence-corrected chi connectivity index (χ1v) is 7.69. The Kier molecular flexibility index (Phi) is 4.09. The topological polar surface area (TPSA) is 71.8 Å². The maximum atomic E-state index is 12.3. The highest BCUT2D eigenvalue weighted by Gasteiger charge is 2.24. The van der Waals surface area contributed by atoms with Crippen LogP contribution in [0.4, 0.5) is 10.5 Å². The van der Waals surface area contributed by atoms with Gasteiger partial charge < -0.3 is 10.6 Å². The van der Waals surface area contributed by atoms with Crippen molar-refractivity contribution in [2.24, 2.45) is 0 Å². The molecule has 0 radical (unpaired) electrons. The fourth-order valence-electron chi connectivity index (χ4n) is 2.86. The molecule has 1 aromatic heterocycles. The van der Waals surface area contributed by atoms with Crippen molar-refractivity contribution in [3.8, 4) is 0 Å². The number of hydrogen-bond acceptors (Lipinski definition) is 3. The van der Waals surface area contributed by atoms with Crippen LogP contribution in [-0.2, 0) is 6.54 Å². The summed E-state index contributed by atoms with van der Waals surface area (Å²) >= 11 is 0. The second kappa shape index (κ2) is 6.17. The van der Waals surface area contributed by atoms with E-state index in [1.54, 1.807) is 6.33 Å². The summed E-state index contributed by atoms with van der Waals surface area (Å²) in [6.45, 7) is 5.09. The number of urea groups is 1. The molecule has 0 aliphatic carbocycles. The predicted octanol–water partition coefficient (Wildman–Crippen LogP) is 3.06. The van der Waals surface area contributed by atoms with E-state index < -0.39 is 0 Å². The lowest BCUT2D eigenvalue weighted by Gasteiger charge is -2.23. The predicted molar refractivity (Wildman–Crippen MR) is 84.7 cm³/mol. The Balaban J connectivity index is 1.70. The number of nitrogens with one attached hydrogen (secondary N) is 2. The Labute approximate surface area is 129 Å². The molecule has 0 fully saturated rings. The highest BCUT2D eigenvalue weighted by atomic mass is 16.2. The van der Waals surface area contributed by atoms with E-state index in [2.05, 4.69) is 34.6 Å². The summed E-state index contributed by atoms with van der Waals surface area (Å²) in [5, 5.41) is 10.1. The van der Waals surface area contributed by atoms with Crippen molar-refractivity contribution < 1.29 is 4.79 Å². The fourth-order valence-corrected chi connectivity index (χ4v) is 2.86. The van der Waals surface area contributed by atoms with Crippen molar-refractivity contribution in [1.29, 1.82) is 0 Å². The van der Waals surface area contributed by atoms with Crippen molar-refractivity contribution in [2.75, 3.05) is 5.32 Å². The Bertz CT molecular complexity index is 664. The van der Waals surface area contributed by atoms with Gasteiger partial charge in [-0.15, -0.1) is 0 Å². The lowest BCUT2D eigenvalue weighted by atomic mass is 10.0. The zero-order valence-electron chi connectivity index (χ0n) is 12.9. The van der Waals surface area contributed by atoms with Gasteiger partial charge in [0, 0.05) is 12.2 Å². The average Bonchev–Trinajstić information content (AvgIpc) is 2.97. The standard InChI is InChI=1S/C16H21N5O/c1-11(2)12-6-3-4-7-13(12)19-16(22)20-14-8-5-9-21-15(14)17-10-18-21/h3-4,6-7,10-11,14H,5,8-9H2,1-2H3,(H2,19,20,22)/t14-/m1/s1. The van der Waals surface area contributed by atoms with E-state index in [0.29, 0.717) is 5.92 Å². The molecule has 0 spiro atoms. The number of amides is 2. The minimum absolute atomic E-state index is 0.0811. The number of carbonyl (C=O) groups is 1. The minimum Gasteiger partial charge on any atom is -0.328 e. The first-order chi connectivity index (χ1) is 10.6. The Morgan fingerprint density at radius 1 is 1.36 bits per heavy atom. The largest absolute Gasteiger partial charge is 0.328 e. The number of nitrogens with zero attached hydrogens (tertiary/aromatic N) is 3. The normalized spacial score (nSPS) is 17.1. The Morgan fingerprint density at radius 3 is 3.00 bits per heavy atom. The Hall–Kier alpha value is -2.37. The number of aromatic nitrogens is 3. The molecule has 1 aliphatic heterocycles. The molecule has 6 nitrogen and oxygen atoms in total. The van der Waals surface area contributed by atoms with Crippen LogP contribution in [0.25, 0.3) is 0 Å². The molecule has 6 heteroatoms. The smallest absolute Gasteiger partial charge is 0.319 e. The van der Waals surface area contributed by atoms with Crippen LogP contribution in [0.1, 0.15) is 50.0 Å². The molecule has 0 unspecified atom stereocenters.